The number of aromatic nitrogens is 2. The van der Waals surface area contributed by atoms with Crippen molar-refractivity contribution >= 4 is 32.7 Å². The molecule has 0 aliphatic heterocycles. The summed E-state index contributed by atoms with van der Waals surface area (Å²) in [4.78, 5) is 24.1. The average Bonchev–Trinajstić information content (AvgIpc) is 2.49. The lowest BCUT2D eigenvalue weighted by Crippen LogP contribution is -2.29. The second-order valence-electron chi connectivity index (χ2n) is 4.72. The first-order valence-electron chi connectivity index (χ1n) is 6.86. The van der Waals surface area contributed by atoms with Gasteiger partial charge in [-0.1, -0.05) is 15.9 Å². The van der Waals surface area contributed by atoms with Crippen LogP contribution in [0.15, 0.2) is 27.5 Å². The summed E-state index contributed by atoms with van der Waals surface area (Å²) in [6.45, 7) is 3.59. The fourth-order valence-electron chi connectivity index (χ4n) is 2.13. The van der Waals surface area contributed by atoms with E-state index in [-0.39, 0.29) is 24.8 Å². The Labute approximate surface area is 136 Å². The molecule has 0 spiro atoms. The zero-order chi connectivity index (χ0) is 16.3. The van der Waals surface area contributed by atoms with E-state index in [2.05, 4.69) is 21.0 Å². The van der Waals surface area contributed by atoms with Crippen LogP contribution in [0, 0.1) is 0 Å². The largest absolute Gasteiger partial charge is 0.465 e. The Kier molecular flexibility index (Phi) is 5.31. The molecule has 22 heavy (non-hydrogen) atoms. The van der Waals surface area contributed by atoms with Crippen molar-refractivity contribution in [3.05, 3.63) is 38.7 Å². The maximum absolute atomic E-state index is 12.5. The van der Waals surface area contributed by atoms with Crippen molar-refractivity contribution in [3.63, 3.8) is 0 Å². The Morgan fingerprint density at radius 3 is 2.77 bits per heavy atom. The number of methoxy groups -OCH3 is 1. The van der Waals surface area contributed by atoms with E-state index in [1.165, 1.54) is 0 Å². The first-order chi connectivity index (χ1) is 10.5. The van der Waals surface area contributed by atoms with Gasteiger partial charge in [0.15, 0.2) is 0 Å². The lowest BCUT2D eigenvalue weighted by Gasteiger charge is -2.15. The van der Waals surface area contributed by atoms with Crippen molar-refractivity contribution in [2.75, 3.05) is 13.7 Å². The van der Waals surface area contributed by atoms with E-state index < -0.39 is 5.97 Å². The lowest BCUT2D eigenvalue weighted by atomic mass is 10.1. The van der Waals surface area contributed by atoms with Crippen molar-refractivity contribution in [2.24, 2.45) is 0 Å². The number of rotatable bonds is 5. The predicted molar refractivity (Wildman–Crippen MR) is 85.8 cm³/mol. The molecule has 0 aliphatic carbocycles. The second-order valence-corrected chi connectivity index (χ2v) is 5.64. The molecule has 0 amide bonds. The fraction of sp³-hybridized carbons (Fsp3) is 0.400. The monoisotopic (exact) mass is 368 g/mol. The number of nitrogens with zero attached hydrogens (tertiary/aromatic N) is 2. The molecule has 6 nitrogen and oxygen atoms in total. The molecule has 0 aliphatic rings. The number of esters is 1. The van der Waals surface area contributed by atoms with E-state index in [0.717, 1.165) is 9.15 Å². The summed E-state index contributed by atoms with van der Waals surface area (Å²) in [5.74, 6) is -0.496. The third-order valence-corrected chi connectivity index (χ3v) is 3.77. The Balaban J connectivity index is 2.64. The topological polar surface area (TPSA) is 70.4 Å². The molecular weight excluding hydrogens is 352 g/mol. The Morgan fingerprint density at radius 2 is 2.14 bits per heavy atom. The van der Waals surface area contributed by atoms with Crippen LogP contribution in [-0.2, 0) is 20.8 Å². The highest BCUT2D eigenvalue weighted by Gasteiger charge is 2.17. The molecule has 1 atom stereocenters. The van der Waals surface area contributed by atoms with Gasteiger partial charge in [0.05, 0.1) is 23.8 Å². The third kappa shape index (κ3) is 3.36. The van der Waals surface area contributed by atoms with Crippen molar-refractivity contribution < 1.29 is 14.3 Å². The quantitative estimate of drug-likeness (QED) is 0.758. The molecule has 0 saturated heterocycles. The number of benzene rings is 1. The summed E-state index contributed by atoms with van der Waals surface area (Å²) in [7, 11) is 1.57. The van der Waals surface area contributed by atoms with Crippen LogP contribution in [0.5, 0.6) is 0 Å². The molecule has 0 fully saturated rings. The fourth-order valence-corrected chi connectivity index (χ4v) is 2.49. The van der Waals surface area contributed by atoms with Gasteiger partial charge >= 0.3 is 5.97 Å². The van der Waals surface area contributed by atoms with Gasteiger partial charge in [0.25, 0.3) is 5.56 Å². The summed E-state index contributed by atoms with van der Waals surface area (Å²) < 4.78 is 12.2. The maximum atomic E-state index is 12.5. The molecular formula is C15H17BrN2O4. The van der Waals surface area contributed by atoms with E-state index in [4.69, 9.17) is 9.47 Å². The Morgan fingerprint density at radius 1 is 1.41 bits per heavy atom. The van der Waals surface area contributed by atoms with Crippen LogP contribution >= 0.6 is 15.9 Å². The zero-order valence-electron chi connectivity index (χ0n) is 12.6. The molecule has 0 radical (unpaired) electrons. The number of carbonyl (C=O) groups is 1. The van der Waals surface area contributed by atoms with Gasteiger partial charge in [0.1, 0.15) is 6.54 Å². The van der Waals surface area contributed by atoms with Gasteiger partial charge < -0.3 is 9.47 Å². The number of hydrogen-bond donors (Lipinski definition) is 0. The first kappa shape index (κ1) is 16.6. The maximum Gasteiger partial charge on any atom is 0.327 e. The second kappa shape index (κ2) is 7.02. The minimum absolute atomic E-state index is 0.220. The van der Waals surface area contributed by atoms with Gasteiger partial charge in [-0.2, -0.15) is 5.10 Å². The van der Waals surface area contributed by atoms with Crippen LogP contribution in [0.2, 0.25) is 0 Å². The standard InChI is InChI=1S/C15H17BrN2O4/c1-4-22-13(19)8-18-15(20)11-6-5-10(16)7-12(11)14(17-18)9(2)21-3/h5-7,9H,4,8H2,1-3H3. The van der Waals surface area contributed by atoms with Crippen molar-refractivity contribution in [2.45, 2.75) is 26.5 Å². The van der Waals surface area contributed by atoms with E-state index in [1.54, 1.807) is 26.2 Å². The highest BCUT2D eigenvalue weighted by molar-refractivity contribution is 9.10. The first-order valence-corrected chi connectivity index (χ1v) is 7.66. The summed E-state index contributed by atoms with van der Waals surface area (Å²) in [5, 5.41) is 5.48. The van der Waals surface area contributed by atoms with Crippen LogP contribution in [0.25, 0.3) is 10.8 Å². The molecule has 0 bridgehead atoms. The highest BCUT2D eigenvalue weighted by atomic mass is 79.9. The summed E-state index contributed by atoms with van der Waals surface area (Å²) >= 11 is 3.39. The molecule has 1 aromatic carbocycles. The Hall–Kier alpha value is -1.73. The SMILES string of the molecule is CCOC(=O)Cn1nc(C(C)OC)c2cc(Br)ccc2c1=O. The van der Waals surface area contributed by atoms with Gasteiger partial charge in [0, 0.05) is 17.0 Å². The minimum Gasteiger partial charge on any atom is -0.465 e. The van der Waals surface area contributed by atoms with Crippen LogP contribution < -0.4 is 5.56 Å². The third-order valence-electron chi connectivity index (χ3n) is 3.27. The number of ether oxygens (including phenoxy) is 2. The van der Waals surface area contributed by atoms with E-state index in [9.17, 15) is 9.59 Å². The predicted octanol–water partition coefficient (Wildman–Crippen LogP) is 2.43. The van der Waals surface area contributed by atoms with Crippen LogP contribution in [0.3, 0.4) is 0 Å². The molecule has 2 aromatic rings. The highest BCUT2D eigenvalue weighted by Crippen LogP contribution is 2.24. The molecule has 1 aromatic heterocycles. The summed E-state index contributed by atoms with van der Waals surface area (Å²) in [6, 6.07) is 5.31. The van der Waals surface area contributed by atoms with Crippen LogP contribution in [0.1, 0.15) is 25.6 Å². The zero-order valence-corrected chi connectivity index (χ0v) is 14.2. The normalized spacial score (nSPS) is 12.4. The van der Waals surface area contributed by atoms with E-state index in [1.807, 2.05) is 13.0 Å². The molecule has 0 saturated carbocycles. The van der Waals surface area contributed by atoms with Gasteiger partial charge in [0.2, 0.25) is 0 Å². The van der Waals surface area contributed by atoms with Gasteiger partial charge in [-0.3, -0.25) is 9.59 Å². The van der Waals surface area contributed by atoms with Crippen molar-refractivity contribution in [1.82, 2.24) is 9.78 Å². The minimum atomic E-state index is -0.496. The number of halogens is 1. The molecule has 118 valence electrons. The van der Waals surface area contributed by atoms with Gasteiger partial charge in [-0.15, -0.1) is 0 Å². The van der Waals surface area contributed by atoms with E-state index >= 15 is 0 Å². The molecule has 7 heteroatoms. The molecule has 2 rings (SSSR count). The summed E-state index contributed by atoms with van der Waals surface area (Å²) in [6.07, 6.45) is -0.314. The Bertz CT molecular complexity index is 757. The van der Waals surface area contributed by atoms with Crippen molar-refractivity contribution in [1.29, 1.82) is 0 Å². The number of hydrogen-bond acceptors (Lipinski definition) is 5. The number of fused-ring (bicyclic) bond motifs is 1. The smallest absolute Gasteiger partial charge is 0.327 e. The van der Waals surface area contributed by atoms with Crippen LogP contribution in [-0.4, -0.2) is 29.5 Å². The lowest BCUT2D eigenvalue weighted by molar-refractivity contribution is -0.144. The molecule has 1 heterocycles. The van der Waals surface area contributed by atoms with Crippen molar-refractivity contribution in [3.8, 4) is 0 Å². The molecule has 0 N–H and O–H groups in total. The number of carbonyl (C=O) groups excluding carboxylic acids is 1. The summed E-state index contributed by atoms with van der Waals surface area (Å²) in [5.41, 5.74) is 0.269. The van der Waals surface area contributed by atoms with Crippen LogP contribution in [0.4, 0.5) is 0 Å². The van der Waals surface area contributed by atoms with E-state index in [0.29, 0.717) is 16.5 Å². The van der Waals surface area contributed by atoms with Gasteiger partial charge in [-0.25, -0.2) is 4.68 Å². The molecule has 1 unspecified atom stereocenters. The van der Waals surface area contributed by atoms with Gasteiger partial charge in [-0.05, 0) is 32.0 Å². The average molecular weight is 369 g/mol.